The first-order valence-corrected chi connectivity index (χ1v) is 12.7. The lowest BCUT2D eigenvalue weighted by Crippen LogP contribution is -2.31. The smallest absolute Gasteiger partial charge is 0.283 e. The lowest BCUT2D eigenvalue weighted by Gasteiger charge is -2.19. The summed E-state index contributed by atoms with van der Waals surface area (Å²) in [7, 11) is 1.60. The number of hydrogen-bond acceptors (Lipinski definition) is 5. The predicted octanol–water partition coefficient (Wildman–Crippen LogP) is 6.39. The molecule has 36 heavy (non-hydrogen) atoms. The van der Waals surface area contributed by atoms with Gasteiger partial charge in [0.2, 0.25) is 5.91 Å². The molecule has 0 unspecified atom stereocenters. The SMILES string of the molecule is COc1ccc(/C=C2\N=C(SCC(=O)Nc3ccc(C)cc3Cl)N(c3cc(C)cc(C)c3)C2=O)cc1. The van der Waals surface area contributed by atoms with Crippen LogP contribution in [0.2, 0.25) is 5.02 Å². The highest BCUT2D eigenvalue weighted by Crippen LogP contribution is 2.31. The first-order chi connectivity index (χ1) is 17.2. The molecule has 0 atom stereocenters. The molecule has 0 aromatic heterocycles. The second kappa shape index (κ2) is 11.0. The van der Waals surface area contributed by atoms with Crippen molar-refractivity contribution < 1.29 is 14.3 Å². The van der Waals surface area contributed by atoms with Gasteiger partial charge in [0.25, 0.3) is 5.91 Å². The minimum atomic E-state index is -0.250. The summed E-state index contributed by atoms with van der Waals surface area (Å²) in [5.74, 6) is 0.299. The van der Waals surface area contributed by atoms with Crippen molar-refractivity contribution in [3.63, 3.8) is 0 Å². The second-order valence-corrected chi connectivity index (χ2v) is 9.85. The Kier molecular flexibility index (Phi) is 7.82. The van der Waals surface area contributed by atoms with E-state index in [0.717, 1.165) is 28.0 Å². The number of methoxy groups -OCH3 is 1. The summed E-state index contributed by atoms with van der Waals surface area (Å²) in [5, 5.41) is 3.75. The predicted molar refractivity (Wildman–Crippen MR) is 149 cm³/mol. The maximum Gasteiger partial charge on any atom is 0.283 e. The van der Waals surface area contributed by atoms with Crippen molar-refractivity contribution in [1.29, 1.82) is 0 Å². The molecule has 3 aromatic carbocycles. The van der Waals surface area contributed by atoms with Crippen LogP contribution in [0, 0.1) is 20.8 Å². The number of amidine groups is 1. The number of thioether (sulfide) groups is 1. The summed E-state index contributed by atoms with van der Waals surface area (Å²) < 4.78 is 5.21. The number of amides is 2. The molecule has 3 aromatic rings. The summed E-state index contributed by atoms with van der Waals surface area (Å²) in [6.07, 6.45) is 1.73. The Morgan fingerprint density at radius 3 is 2.36 bits per heavy atom. The van der Waals surface area contributed by atoms with Crippen molar-refractivity contribution >= 4 is 57.8 Å². The fourth-order valence-electron chi connectivity index (χ4n) is 3.80. The summed E-state index contributed by atoms with van der Waals surface area (Å²) >= 11 is 7.45. The first kappa shape index (κ1) is 25.5. The molecule has 1 heterocycles. The van der Waals surface area contributed by atoms with E-state index in [1.165, 1.54) is 11.8 Å². The zero-order valence-electron chi connectivity index (χ0n) is 20.5. The standard InChI is InChI=1S/C28H26ClN3O3S/c1-17-5-10-24(23(29)14-17)30-26(33)16-36-28-31-25(15-20-6-8-22(35-4)9-7-20)27(34)32(28)21-12-18(2)11-19(3)13-21/h5-15H,16H2,1-4H3,(H,30,33)/b25-15-. The van der Waals surface area contributed by atoms with Gasteiger partial charge in [-0.25, -0.2) is 4.99 Å². The molecule has 0 radical (unpaired) electrons. The van der Waals surface area contributed by atoms with Gasteiger partial charge in [0.05, 0.1) is 29.3 Å². The Morgan fingerprint density at radius 1 is 1.03 bits per heavy atom. The molecule has 4 rings (SSSR count). The molecule has 0 fully saturated rings. The van der Waals surface area contributed by atoms with Gasteiger partial charge in [0, 0.05) is 0 Å². The van der Waals surface area contributed by atoms with Crippen molar-refractivity contribution in [2.24, 2.45) is 4.99 Å². The number of rotatable bonds is 6. The normalized spacial score (nSPS) is 14.2. The van der Waals surface area contributed by atoms with E-state index in [-0.39, 0.29) is 17.6 Å². The third kappa shape index (κ3) is 5.98. The zero-order chi connectivity index (χ0) is 25.8. The first-order valence-electron chi connectivity index (χ1n) is 11.3. The van der Waals surface area contributed by atoms with Crippen molar-refractivity contribution in [3.05, 3.63) is 93.6 Å². The van der Waals surface area contributed by atoms with Crippen LogP contribution in [0.5, 0.6) is 5.75 Å². The fourth-order valence-corrected chi connectivity index (χ4v) is 4.89. The average molecular weight is 520 g/mol. The number of nitrogens with one attached hydrogen (secondary N) is 1. The van der Waals surface area contributed by atoms with E-state index in [9.17, 15) is 9.59 Å². The van der Waals surface area contributed by atoms with Gasteiger partial charge >= 0.3 is 0 Å². The van der Waals surface area contributed by atoms with Gasteiger partial charge in [-0.15, -0.1) is 0 Å². The Balaban J connectivity index is 1.60. The molecule has 0 bridgehead atoms. The number of halogens is 1. The maximum atomic E-state index is 13.5. The van der Waals surface area contributed by atoms with Crippen LogP contribution in [-0.4, -0.2) is 29.8 Å². The summed E-state index contributed by atoms with van der Waals surface area (Å²) in [6.45, 7) is 5.89. The topological polar surface area (TPSA) is 71.0 Å². The zero-order valence-corrected chi connectivity index (χ0v) is 22.0. The van der Waals surface area contributed by atoms with E-state index in [0.29, 0.717) is 27.3 Å². The quantitative estimate of drug-likeness (QED) is 0.383. The number of aliphatic imine (C=N–C) groups is 1. The van der Waals surface area contributed by atoms with Crippen molar-refractivity contribution in [3.8, 4) is 5.75 Å². The van der Waals surface area contributed by atoms with Gasteiger partial charge in [-0.2, -0.15) is 0 Å². The van der Waals surface area contributed by atoms with Gasteiger partial charge < -0.3 is 10.1 Å². The molecule has 8 heteroatoms. The second-order valence-electron chi connectivity index (χ2n) is 8.50. The molecule has 1 aliphatic heterocycles. The van der Waals surface area contributed by atoms with Gasteiger partial charge in [-0.1, -0.05) is 47.6 Å². The molecule has 2 amide bonds. The summed E-state index contributed by atoms with van der Waals surface area (Å²) in [6, 6.07) is 18.7. The molecule has 184 valence electrons. The van der Waals surface area contributed by atoms with E-state index < -0.39 is 0 Å². The molecule has 1 N–H and O–H groups in total. The summed E-state index contributed by atoms with van der Waals surface area (Å²) in [4.78, 5) is 32.3. The number of nitrogens with zero attached hydrogens (tertiary/aromatic N) is 2. The Morgan fingerprint density at radius 2 is 1.72 bits per heavy atom. The number of aryl methyl sites for hydroxylation is 3. The Hall–Kier alpha value is -3.55. The molecular weight excluding hydrogens is 494 g/mol. The molecule has 0 spiro atoms. The highest BCUT2D eigenvalue weighted by molar-refractivity contribution is 8.14. The van der Waals surface area contributed by atoms with Crippen LogP contribution in [0.15, 0.2) is 71.4 Å². The van der Waals surface area contributed by atoms with Crippen LogP contribution in [0.1, 0.15) is 22.3 Å². The monoisotopic (exact) mass is 519 g/mol. The average Bonchev–Trinajstić information content (AvgIpc) is 3.14. The summed E-state index contributed by atoms with van der Waals surface area (Å²) in [5.41, 5.74) is 5.44. The molecule has 0 aliphatic carbocycles. The van der Waals surface area contributed by atoms with Crippen LogP contribution in [0.25, 0.3) is 6.08 Å². The van der Waals surface area contributed by atoms with E-state index >= 15 is 0 Å². The largest absolute Gasteiger partial charge is 0.497 e. The lowest BCUT2D eigenvalue weighted by atomic mass is 10.1. The minimum absolute atomic E-state index is 0.0629. The number of ether oxygens (including phenoxy) is 1. The van der Waals surface area contributed by atoms with Gasteiger partial charge in [-0.3, -0.25) is 14.5 Å². The van der Waals surface area contributed by atoms with Crippen LogP contribution in [0.4, 0.5) is 11.4 Å². The van der Waals surface area contributed by atoms with Gasteiger partial charge in [-0.05, 0) is 85.5 Å². The van der Waals surface area contributed by atoms with Crippen LogP contribution >= 0.6 is 23.4 Å². The Labute approximate surface area is 220 Å². The number of carbonyl (C=O) groups is 2. The third-order valence-corrected chi connectivity index (χ3v) is 6.70. The lowest BCUT2D eigenvalue weighted by molar-refractivity contribution is -0.114. The van der Waals surface area contributed by atoms with E-state index in [4.69, 9.17) is 16.3 Å². The maximum absolute atomic E-state index is 13.5. The third-order valence-electron chi connectivity index (χ3n) is 5.44. The van der Waals surface area contributed by atoms with Crippen molar-refractivity contribution in [1.82, 2.24) is 0 Å². The number of benzene rings is 3. The molecule has 0 saturated heterocycles. The molecule has 1 aliphatic rings. The van der Waals surface area contributed by atoms with Crippen LogP contribution in [-0.2, 0) is 9.59 Å². The highest BCUT2D eigenvalue weighted by atomic mass is 35.5. The van der Waals surface area contributed by atoms with Gasteiger partial charge in [0.1, 0.15) is 11.4 Å². The van der Waals surface area contributed by atoms with Crippen molar-refractivity contribution in [2.45, 2.75) is 20.8 Å². The van der Waals surface area contributed by atoms with Crippen molar-refractivity contribution in [2.75, 3.05) is 23.1 Å². The number of anilines is 2. The van der Waals surface area contributed by atoms with E-state index in [1.807, 2.05) is 69.3 Å². The van der Waals surface area contributed by atoms with Crippen LogP contribution < -0.4 is 15.0 Å². The number of carbonyl (C=O) groups excluding carboxylic acids is 2. The minimum Gasteiger partial charge on any atom is -0.497 e. The molecule has 0 saturated carbocycles. The highest BCUT2D eigenvalue weighted by Gasteiger charge is 2.32. The molecule has 6 nitrogen and oxygen atoms in total. The van der Waals surface area contributed by atoms with Crippen LogP contribution in [0.3, 0.4) is 0 Å². The van der Waals surface area contributed by atoms with E-state index in [2.05, 4.69) is 10.3 Å². The van der Waals surface area contributed by atoms with Gasteiger partial charge in [0.15, 0.2) is 5.17 Å². The molecular formula is C28H26ClN3O3S. The Bertz CT molecular complexity index is 1360. The van der Waals surface area contributed by atoms with E-state index in [1.54, 1.807) is 30.2 Å². The fraction of sp³-hybridized carbons (Fsp3) is 0.179. The number of hydrogen-bond donors (Lipinski definition) is 1.